The molecule has 0 aromatic carbocycles. The quantitative estimate of drug-likeness (QED) is 0.762. The minimum absolute atomic E-state index is 0.339. The summed E-state index contributed by atoms with van der Waals surface area (Å²) in [4.78, 5) is 16.3. The van der Waals surface area contributed by atoms with Gasteiger partial charge in [0.1, 0.15) is 15.5 Å². The molecule has 1 rings (SSSR count). The fourth-order valence-corrected chi connectivity index (χ4v) is 2.40. The average Bonchev–Trinajstić information content (AvgIpc) is 2.60. The van der Waals surface area contributed by atoms with Gasteiger partial charge in [-0.1, -0.05) is 0 Å². The number of thiazole rings is 1. The molecule has 16 heavy (non-hydrogen) atoms. The van der Waals surface area contributed by atoms with Crippen LogP contribution < -0.4 is 0 Å². The number of rotatable bonds is 4. The lowest BCUT2D eigenvalue weighted by atomic mass is 10.1. The first-order valence-electron chi connectivity index (χ1n) is 5.12. The van der Waals surface area contributed by atoms with Crippen LogP contribution in [0.5, 0.6) is 0 Å². The van der Waals surface area contributed by atoms with Gasteiger partial charge in [-0.15, -0.1) is 11.3 Å². The maximum Gasteiger partial charge on any atom is 0.349 e. The minimum atomic E-state index is -0.462. The summed E-state index contributed by atoms with van der Waals surface area (Å²) in [6, 6.07) is 0. The van der Waals surface area contributed by atoms with Crippen LogP contribution in [0.25, 0.3) is 0 Å². The van der Waals surface area contributed by atoms with Gasteiger partial charge in [-0.2, -0.15) is 0 Å². The van der Waals surface area contributed by atoms with Crippen molar-refractivity contribution in [3.8, 4) is 0 Å². The maximum atomic E-state index is 11.4. The first-order valence-corrected chi connectivity index (χ1v) is 5.94. The number of nitrogens with zero attached hydrogens (tertiary/aromatic N) is 1. The summed E-state index contributed by atoms with van der Waals surface area (Å²) >= 11 is 1.33. The summed E-state index contributed by atoms with van der Waals surface area (Å²) in [5.74, 6) is -0.339. The fraction of sp³-hybridized carbons (Fsp3) is 0.636. The number of hydrogen-bond donors (Lipinski definition) is 0. The molecular weight excluding hydrogens is 226 g/mol. The Labute approximate surface area is 99.6 Å². The number of aromatic nitrogens is 1. The summed E-state index contributed by atoms with van der Waals surface area (Å²) < 4.78 is 10.3. The first kappa shape index (κ1) is 13.1. The van der Waals surface area contributed by atoms with Crippen molar-refractivity contribution in [3.05, 3.63) is 15.6 Å². The SMILES string of the molecule is CCOC(C)(C)c1nc(C)c(C(=O)OC)s1. The summed E-state index contributed by atoms with van der Waals surface area (Å²) in [5, 5.41) is 0.798. The minimum Gasteiger partial charge on any atom is -0.465 e. The van der Waals surface area contributed by atoms with Gasteiger partial charge < -0.3 is 9.47 Å². The number of carbonyl (C=O) groups excluding carboxylic acids is 1. The number of ether oxygens (including phenoxy) is 2. The van der Waals surface area contributed by atoms with Gasteiger partial charge in [0.25, 0.3) is 0 Å². The first-order chi connectivity index (χ1) is 7.42. The van der Waals surface area contributed by atoms with Crippen molar-refractivity contribution in [3.63, 3.8) is 0 Å². The highest BCUT2D eigenvalue weighted by Gasteiger charge is 2.27. The number of methoxy groups -OCH3 is 1. The van der Waals surface area contributed by atoms with E-state index in [4.69, 9.17) is 9.47 Å². The lowest BCUT2D eigenvalue weighted by Crippen LogP contribution is -2.21. The highest BCUT2D eigenvalue weighted by atomic mass is 32.1. The number of aryl methyl sites for hydroxylation is 1. The van der Waals surface area contributed by atoms with E-state index in [9.17, 15) is 4.79 Å². The Morgan fingerprint density at radius 1 is 1.50 bits per heavy atom. The molecule has 0 bridgehead atoms. The van der Waals surface area contributed by atoms with Gasteiger partial charge in [-0.05, 0) is 27.7 Å². The lowest BCUT2D eigenvalue weighted by molar-refractivity contribution is -0.0142. The number of hydrogen-bond acceptors (Lipinski definition) is 5. The molecule has 0 saturated heterocycles. The normalized spacial score (nSPS) is 11.6. The molecule has 0 radical (unpaired) electrons. The van der Waals surface area contributed by atoms with Crippen LogP contribution in [0.1, 0.15) is 41.1 Å². The Balaban J connectivity index is 3.05. The zero-order valence-electron chi connectivity index (χ0n) is 10.3. The molecule has 1 aromatic heterocycles. The molecule has 5 heteroatoms. The molecule has 0 aliphatic heterocycles. The molecule has 0 amide bonds. The van der Waals surface area contributed by atoms with E-state index in [0.29, 0.717) is 17.2 Å². The molecule has 0 saturated carbocycles. The van der Waals surface area contributed by atoms with E-state index in [1.807, 2.05) is 20.8 Å². The summed E-state index contributed by atoms with van der Waals surface area (Å²) in [7, 11) is 1.37. The number of carbonyl (C=O) groups is 1. The molecular formula is C11H17NO3S. The fourth-order valence-electron chi connectivity index (χ4n) is 1.36. The van der Waals surface area contributed by atoms with Crippen molar-refractivity contribution in [1.82, 2.24) is 4.98 Å². The Kier molecular flexibility index (Phi) is 4.04. The number of esters is 1. The molecule has 0 spiro atoms. The molecule has 0 unspecified atom stereocenters. The van der Waals surface area contributed by atoms with Gasteiger partial charge in [0, 0.05) is 6.61 Å². The molecule has 0 atom stereocenters. The molecule has 0 fully saturated rings. The Hall–Kier alpha value is -0.940. The van der Waals surface area contributed by atoms with E-state index in [2.05, 4.69) is 4.98 Å². The summed E-state index contributed by atoms with van der Waals surface area (Å²) in [6.45, 7) is 8.22. The summed E-state index contributed by atoms with van der Waals surface area (Å²) in [6.07, 6.45) is 0. The van der Waals surface area contributed by atoms with Crippen molar-refractivity contribution < 1.29 is 14.3 Å². The van der Waals surface area contributed by atoms with Gasteiger partial charge in [0.2, 0.25) is 0 Å². The van der Waals surface area contributed by atoms with Gasteiger partial charge in [0.15, 0.2) is 0 Å². The van der Waals surface area contributed by atoms with Crippen molar-refractivity contribution in [2.45, 2.75) is 33.3 Å². The molecule has 90 valence electrons. The Morgan fingerprint density at radius 2 is 2.12 bits per heavy atom. The maximum absolute atomic E-state index is 11.4. The van der Waals surface area contributed by atoms with E-state index in [-0.39, 0.29) is 5.97 Å². The second-order valence-electron chi connectivity index (χ2n) is 3.87. The topological polar surface area (TPSA) is 48.4 Å². The van der Waals surface area contributed by atoms with E-state index in [1.54, 1.807) is 6.92 Å². The molecule has 1 aromatic rings. The van der Waals surface area contributed by atoms with Crippen LogP contribution in [0.15, 0.2) is 0 Å². The highest BCUT2D eigenvalue weighted by Crippen LogP contribution is 2.30. The lowest BCUT2D eigenvalue weighted by Gasteiger charge is -2.21. The van der Waals surface area contributed by atoms with Crippen LogP contribution in [-0.4, -0.2) is 24.7 Å². The predicted octanol–water partition coefficient (Wildman–Crippen LogP) is 2.51. The van der Waals surface area contributed by atoms with Gasteiger partial charge in [0.05, 0.1) is 12.8 Å². The van der Waals surface area contributed by atoms with Crippen molar-refractivity contribution >= 4 is 17.3 Å². The second kappa shape index (κ2) is 4.93. The van der Waals surface area contributed by atoms with Crippen LogP contribution >= 0.6 is 11.3 Å². The monoisotopic (exact) mass is 243 g/mol. The average molecular weight is 243 g/mol. The largest absolute Gasteiger partial charge is 0.465 e. The van der Waals surface area contributed by atoms with Crippen LogP contribution in [-0.2, 0) is 15.1 Å². The van der Waals surface area contributed by atoms with Crippen molar-refractivity contribution in [1.29, 1.82) is 0 Å². The standard InChI is InChI=1S/C11H17NO3S/c1-6-15-11(3,4)10-12-7(2)8(16-10)9(13)14-5/h6H2,1-5H3. The molecule has 4 nitrogen and oxygen atoms in total. The molecule has 0 N–H and O–H groups in total. The van der Waals surface area contributed by atoms with E-state index < -0.39 is 5.60 Å². The predicted molar refractivity (Wildman–Crippen MR) is 62.8 cm³/mol. The van der Waals surface area contributed by atoms with Gasteiger partial charge in [-0.25, -0.2) is 9.78 Å². The van der Waals surface area contributed by atoms with Crippen LogP contribution in [0.2, 0.25) is 0 Å². The molecule has 0 aliphatic rings. The van der Waals surface area contributed by atoms with Crippen molar-refractivity contribution in [2.75, 3.05) is 13.7 Å². The van der Waals surface area contributed by atoms with E-state index in [0.717, 1.165) is 5.01 Å². The third kappa shape index (κ3) is 2.59. The van der Waals surface area contributed by atoms with Crippen molar-refractivity contribution in [2.24, 2.45) is 0 Å². The van der Waals surface area contributed by atoms with Gasteiger partial charge >= 0.3 is 5.97 Å². The third-order valence-electron chi connectivity index (χ3n) is 2.19. The van der Waals surface area contributed by atoms with Gasteiger partial charge in [-0.3, -0.25) is 0 Å². The van der Waals surface area contributed by atoms with Crippen LogP contribution in [0.4, 0.5) is 0 Å². The van der Waals surface area contributed by atoms with E-state index in [1.165, 1.54) is 18.4 Å². The highest BCUT2D eigenvalue weighted by molar-refractivity contribution is 7.13. The second-order valence-corrected chi connectivity index (χ2v) is 4.87. The molecule has 1 heterocycles. The van der Waals surface area contributed by atoms with E-state index >= 15 is 0 Å². The molecule has 0 aliphatic carbocycles. The van der Waals surface area contributed by atoms with Crippen LogP contribution in [0, 0.1) is 6.92 Å². The zero-order valence-corrected chi connectivity index (χ0v) is 11.1. The summed E-state index contributed by atoms with van der Waals surface area (Å²) in [5.41, 5.74) is 0.232. The Morgan fingerprint density at radius 3 is 2.62 bits per heavy atom. The zero-order chi connectivity index (χ0) is 12.3. The third-order valence-corrected chi connectivity index (χ3v) is 3.63. The smallest absolute Gasteiger partial charge is 0.349 e. The Bertz CT molecular complexity index is 385. The van der Waals surface area contributed by atoms with Crippen LogP contribution in [0.3, 0.4) is 0 Å².